The van der Waals surface area contributed by atoms with E-state index in [0.717, 1.165) is 6.42 Å². The van der Waals surface area contributed by atoms with Gasteiger partial charge in [-0.1, -0.05) is 11.6 Å². The monoisotopic (exact) mass is 303 g/mol. The van der Waals surface area contributed by atoms with E-state index in [-0.39, 0.29) is 16.0 Å². The van der Waals surface area contributed by atoms with Gasteiger partial charge in [-0.25, -0.2) is 8.42 Å². The highest BCUT2D eigenvalue weighted by molar-refractivity contribution is 7.89. The molecular formula is C12H18ClN3O2S. The van der Waals surface area contributed by atoms with E-state index >= 15 is 0 Å². The van der Waals surface area contributed by atoms with Gasteiger partial charge in [0.2, 0.25) is 10.0 Å². The molecule has 0 bridgehead atoms. The van der Waals surface area contributed by atoms with E-state index in [4.69, 9.17) is 17.3 Å². The zero-order valence-corrected chi connectivity index (χ0v) is 12.6. The molecule has 1 unspecified atom stereocenters. The minimum Gasteiger partial charge on any atom is -0.398 e. The maximum atomic E-state index is 12.5. The molecule has 1 fully saturated rings. The molecule has 19 heavy (non-hydrogen) atoms. The summed E-state index contributed by atoms with van der Waals surface area (Å²) >= 11 is 5.89. The Balaban J connectivity index is 2.26. The molecule has 2 N–H and O–H groups in total. The van der Waals surface area contributed by atoms with Crippen LogP contribution in [-0.2, 0) is 10.0 Å². The van der Waals surface area contributed by atoms with Crippen molar-refractivity contribution < 1.29 is 8.42 Å². The Hall–Kier alpha value is -0.820. The smallest absolute Gasteiger partial charge is 0.243 e. The molecule has 0 amide bonds. The third-order valence-corrected chi connectivity index (χ3v) is 5.65. The molecule has 1 saturated heterocycles. The van der Waals surface area contributed by atoms with Crippen molar-refractivity contribution in [2.75, 3.05) is 32.9 Å². The predicted molar refractivity (Wildman–Crippen MR) is 76.7 cm³/mol. The summed E-state index contributed by atoms with van der Waals surface area (Å²) in [7, 11) is 0.441. The van der Waals surface area contributed by atoms with Crippen LogP contribution in [-0.4, -0.2) is 50.8 Å². The van der Waals surface area contributed by atoms with Gasteiger partial charge in [-0.2, -0.15) is 4.31 Å². The Morgan fingerprint density at radius 3 is 2.63 bits per heavy atom. The Kier molecular flexibility index (Phi) is 4.06. The number of hydrogen-bond acceptors (Lipinski definition) is 4. The fourth-order valence-electron chi connectivity index (χ4n) is 2.17. The second-order valence-corrected chi connectivity index (χ2v) is 7.30. The number of rotatable bonds is 3. The first-order chi connectivity index (χ1) is 8.82. The van der Waals surface area contributed by atoms with Crippen molar-refractivity contribution in [1.29, 1.82) is 0 Å². The Morgan fingerprint density at radius 2 is 2.11 bits per heavy atom. The molecule has 1 heterocycles. The standard InChI is InChI=1S/C12H18ClN3O2S/c1-15(2)9-5-6-16(8-9)19(17,18)10-3-4-12(14)11(13)7-10/h3-4,7,9H,5-6,8,14H2,1-2H3. The van der Waals surface area contributed by atoms with E-state index < -0.39 is 10.0 Å². The lowest BCUT2D eigenvalue weighted by Gasteiger charge is -2.20. The van der Waals surface area contributed by atoms with Crippen LogP contribution in [0.25, 0.3) is 0 Å². The number of likely N-dealkylation sites (N-methyl/N-ethyl adjacent to an activating group) is 1. The average Bonchev–Trinajstić information content (AvgIpc) is 2.82. The highest BCUT2D eigenvalue weighted by atomic mass is 35.5. The summed E-state index contributed by atoms with van der Waals surface area (Å²) < 4.78 is 26.4. The second kappa shape index (κ2) is 5.28. The Bertz CT molecular complexity index is 574. The van der Waals surface area contributed by atoms with Crippen molar-refractivity contribution in [2.45, 2.75) is 17.4 Å². The SMILES string of the molecule is CN(C)C1CCN(S(=O)(=O)c2ccc(N)c(Cl)c2)C1. The van der Waals surface area contributed by atoms with Gasteiger partial charge in [0.15, 0.2) is 0 Å². The van der Waals surface area contributed by atoms with E-state index in [1.807, 2.05) is 19.0 Å². The maximum absolute atomic E-state index is 12.5. The van der Waals surface area contributed by atoms with Gasteiger partial charge in [-0.15, -0.1) is 0 Å². The molecule has 106 valence electrons. The van der Waals surface area contributed by atoms with Gasteiger partial charge in [0.25, 0.3) is 0 Å². The van der Waals surface area contributed by atoms with Crippen LogP contribution in [0.1, 0.15) is 6.42 Å². The number of anilines is 1. The minimum atomic E-state index is -3.48. The van der Waals surface area contributed by atoms with Crippen molar-refractivity contribution in [2.24, 2.45) is 0 Å². The molecule has 0 radical (unpaired) electrons. The van der Waals surface area contributed by atoms with Crippen LogP contribution in [0.4, 0.5) is 5.69 Å². The quantitative estimate of drug-likeness (QED) is 0.853. The van der Waals surface area contributed by atoms with Crippen LogP contribution in [0.5, 0.6) is 0 Å². The Labute approximate surface area is 119 Å². The summed E-state index contributed by atoms with van der Waals surface area (Å²) in [5, 5.41) is 0.268. The van der Waals surface area contributed by atoms with Crippen LogP contribution >= 0.6 is 11.6 Å². The molecular weight excluding hydrogens is 286 g/mol. The van der Waals surface area contributed by atoms with Crippen LogP contribution in [0, 0.1) is 0 Å². The van der Waals surface area contributed by atoms with Crippen molar-refractivity contribution in [3.63, 3.8) is 0 Å². The molecule has 0 aliphatic carbocycles. The average molecular weight is 304 g/mol. The number of nitrogens with zero attached hydrogens (tertiary/aromatic N) is 2. The van der Waals surface area contributed by atoms with E-state index in [2.05, 4.69) is 0 Å². The molecule has 1 aliphatic heterocycles. The van der Waals surface area contributed by atoms with Crippen LogP contribution in [0.3, 0.4) is 0 Å². The lowest BCUT2D eigenvalue weighted by Crippen LogP contribution is -2.34. The molecule has 7 heteroatoms. The second-order valence-electron chi connectivity index (χ2n) is 4.95. The van der Waals surface area contributed by atoms with Crippen molar-refractivity contribution >= 4 is 27.3 Å². The number of nitrogen functional groups attached to an aromatic ring is 1. The summed E-state index contributed by atoms with van der Waals surface area (Å²) in [4.78, 5) is 2.25. The van der Waals surface area contributed by atoms with Gasteiger partial charge in [0.1, 0.15) is 0 Å². The van der Waals surface area contributed by atoms with E-state index in [0.29, 0.717) is 18.8 Å². The maximum Gasteiger partial charge on any atom is 0.243 e. The van der Waals surface area contributed by atoms with Gasteiger partial charge in [-0.05, 0) is 38.7 Å². The van der Waals surface area contributed by atoms with Gasteiger partial charge in [0.05, 0.1) is 15.6 Å². The molecule has 0 saturated carbocycles. The topological polar surface area (TPSA) is 66.6 Å². The van der Waals surface area contributed by atoms with Crippen molar-refractivity contribution in [1.82, 2.24) is 9.21 Å². The summed E-state index contributed by atoms with van der Waals surface area (Å²) in [5.41, 5.74) is 5.98. The summed E-state index contributed by atoms with van der Waals surface area (Å²) in [6, 6.07) is 4.70. The zero-order chi connectivity index (χ0) is 14.2. The molecule has 0 spiro atoms. The number of halogens is 1. The van der Waals surface area contributed by atoms with Gasteiger partial charge in [0, 0.05) is 19.1 Å². The number of sulfonamides is 1. The van der Waals surface area contributed by atoms with Crippen LogP contribution in [0.15, 0.2) is 23.1 Å². The summed E-state index contributed by atoms with van der Waals surface area (Å²) in [5.74, 6) is 0. The van der Waals surface area contributed by atoms with E-state index in [9.17, 15) is 8.42 Å². The van der Waals surface area contributed by atoms with Crippen LogP contribution < -0.4 is 5.73 Å². The first-order valence-corrected chi connectivity index (χ1v) is 7.86. The van der Waals surface area contributed by atoms with Gasteiger partial charge in [-0.3, -0.25) is 0 Å². The third-order valence-electron chi connectivity index (χ3n) is 3.47. The molecule has 0 aromatic heterocycles. The predicted octanol–water partition coefficient (Wildman–Crippen LogP) is 1.25. The fraction of sp³-hybridized carbons (Fsp3) is 0.500. The lowest BCUT2D eigenvalue weighted by atomic mass is 10.2. The van der Waals surface area contributed by atoms with Crippen molar-refractivity contribution in [3.05, 3.63) is 23.2 Å². The van der Waals surface area contributed by atoms with E-state index in [1.165, 1.54) is 22.5 Å². The van der Waals surface area contributed by atoms with Gasteiger partial charge >= 0.3 is 0 Å². The largest absolute Gasteiger partial charge is 0.398 e. The van der Waals surface area contributed by atoms with Gasteiger partial charge < -0.3 is 10.6 Å². The van der Waals surface area contributed by atoms with Crippen LogP contribution in [0.2, 0.25) is 5.02 Å². The Morgan fingerprint density at radius 1 is 1.42 bits per heavy atom. The number of benzene rings is 1. The molecule has 5 nitrogen and oxygen atoms in total. The minimum absolute atomic E-state index is 0.200. The molecule has 1 aromatic rings. The summed E-state index contributed by atoms with van der Waals surface area (Å²) in [6.45, 7) is 1.05. The highest BCUT2D eigenvalue weighted by Gasteiger charge is 2.33. The normalized spacial score (nSPS) is 21.2. The third kappa shape index (κ3) is 2.86. The van der Waals surface area contributed by atoms with E-state index in [1.54, 1.807) is 0 Å². The number of hydrogen-bond donors (Lipinski definition) is 1. The zero-order valence-electron chi connectivity index (χ0n) is 11.0. The molecule has 1 aliphatic rings. The lowest BCUT2D eigenvalue weighted by molar-refractivity contribution is 0.302. The number of nitrogens with two attached hydrogens (primary N) is 1. The summed E-state index contributed by atoms with van der Waals surface area (Å²) in [6.07, 6.45) is 0.842. The molecule has 1 aromatic carbocycles. The first-order valence-electron chi connectivity index (χ1n) is 6.04. The molecule has 1 atom stereocenters. The highest BCUT2D eigenvalue weighted by Crippen LogP contribution is 2.27. The van der Waals surface area contributed by atoms with Crippen molar-refractivity contribution in [3.8, 4) is 0 Å². The fourth-order valence-corrected chi connectivity index (χ4v) is 3.93. The first kappa shape index (κ1) is 14.6. The molecule has 2 rings (SSSR count).